The smallest absolute Gasteiger partial charge is 0.191 e. The summed E-state index contributed by atoms with van der Waals surface area (Å²) in [5.74, 6) is 1.66. The quantitative estimate of drug-likeness (QED) is 0.228. The van der Waals surface area contributed by atoms with E-state index in [0.717, 1.165) is 41.9 Å². The molecule has 0 aliphatic heterocycles. The van der Waals surface area contributed by atoms with Gasteiger partial charge in [-0.15, -0.1) is 24.0 Å². The van der Waals surface area contributed by atoms with E-state index in [0.29, 0.717) is 13.1 Å². The van der Waals surface area contributed by atoms with E-state index in [4.69, 9.17) is 16.3 Å². The summed E-state index contributed by atoms with van der Waals surface area (Å²) in [5.41, 5.74) is 2.32. The third-order valence-electron chi connectivity index (χ3n) is 4.00. The average molecular weight is 517 g/mol. The molecule has 0 aromatic heterocycles. The normalized spacial score (nSPS) is 11.1. The van der Waals surface area contributed by atoms with E-state index in [2.05, 4.69) is 46.8 Å². The van der Waals surface area contributed by atoms with Crippen molar-refractivity contribution < 1.29 is 4.74 Å². The number of hydrogen-bond acceptors (Lipinski definition) is 3. The molecule has 0 heterocycles. The lowest BCUT2D eigenvalue weighted by molar-refractivity contribution is 0.281. The summed E-state index contributed by atoms with van der Waals surface area (Å²) in [6.07, 6.45) is 1.02. The molecule has 0 spiro atoms. The predicted molar refractivity (Wildman–Crippen MR) is 129 cm³/mol. The van der Waals surface area contributed by atoms with Crippen molar-refractivity contribution in [1.82, 2.24) is 15.5 Å². The minimum atomic E-state index is 0. The third kappa shape index (κ3) is 9.61. The van der Waals surface area contributed by atoms with Gasteiger partial charge in [0.15, 0.2) is 5.96 Å². The maximum Gasteiger partial charge on any atom is 0.191 e. The molecule has 0 radical (unpaired) electrons. The van der Waals surface area contributed by atoms with Crippen molar-refractivity contribution in [3.8, 4) is 5.75 Å². The molecular weight excluding hydrogens is 487 g/mol. The van der Waals surface area contributed by atoms with Gasteiger partial charge in [-0.1, -0.05) is 35.9 Å². The zero-order chi connectivity index (χ0) is 19.5. The Balaban J connectivity index is 0.00000392. The number of benzene rings is 2. The van der Waals surface area contributed by atoms with Crippen molar-refractivity contribution in [2.24, 2.45) is 4.99 Å². The maximum absolute atomic E-state index is 5.91. The van der Waals surface area contributed by atoms with Crippen LogP contribution < -0.4 is 15.4 Å². The second-order valence-electron chi connectivity index (χ2n) is 6.56. The first-order chi connectivity index (χ1) is 13.1. The fraction of sp³-hybridized carbons (Fsp3) is 0.381. The van der Waals surface area contributed by atoms with Gasteiger partial charge in [-0.05, 0) is 55.9 Å². The van der Waals surface area contributed by atoms with Crippen molar-refractivity contribution in [3.05, 3.63) is 64.7 Å². The van der Waals surface area contributed by atoms with Crippen molar-refractivity contribution in [1.29, 1.82) is 0 Å². The van der Waals surface area contributed by atoms with Gasteiger partial charge in [-0.25, -0.2) is 0 Å². The van der Waals surface area contributed by atoms with Crippen molar-refractivity contribution in [2.75, 3.05) is 34.3 Å². The Bertz CT molecular complexity index is 705. The highest BCUT2D eigenvalue weighted by atomic mass is 127. The number of rotatable bonds is 9. The fourth-order valence-corrected chi connectivity index (χ4v) is 2.59. The number of ether oxygens (including phenoxy) is 1. The molecule has 0 saturated heterocycles. The first-order valence-corrected chi connectivity index (χ1v) is 9.50. The Hall–Kier alpha value is -1.51. The first-order valence-electron chi connectivity index (χ1n) is 9.12. The summed E-state index contributed by atoms with van der Waals surface area (Å²) in [6.45, 7) is 3.15. The summed E-state index contributed by atoms with van der Waals surface area (Å²) >= 11 is 5.91. The molecule has 2 aromatic carbocycles. The number of nitrogens with zero attached hydrogens (tertiary/aromatic N) is 2. The lowest BCUT2D eigenvalue weighted by Gasteiger charge is -2.13. The standard InChI is InChI=1S/C21H29ClN4O.HI/c1-23-21(24-15-17-5-9-19(22)10-6-17)25-16-18-7-11-20(12-8-18)27-14-4-13-26(2)3;/h5-12H,4,13-16H2,1-3H3,(H2,23,24,25);1H. The van der Waals surface area contributed by atoms with E-state index in [-0.39, 0.29) is 24.0 Å². The predicted octanol–water partition coefficient (Wildman–Crippen LogP) is 4.15. The van der Waals surface area contributed by atoms with Gasteiger partial charge in [-0.2, -0.15) is 0 Å². The van der Waals surface area contributed by atoms with Gasteiger partial charge < -0.3 is 20.3 Å². The molecule has 0 bridgehead atoms. The van der Waals surface area contributed by atoms with Crippen LogP contribution in [0.3, 0.4) is 0 Å². The fourth-order valence-electron chi connectivity index (χ4n) is 2.47. The van der Waals surface area contributed by atoms with E-state index in [1.165, 1.54) is 5.56 Å². The van der Waals surface area contributed by atoms with Gasteiger partial charge in [0.2, 0.25) is 0 Å². The molecule has 0 saturated carbocycles. The molecule has 0 aliphatic rings. The number of aliphatic imine (C=N–C) groups is 1. The highest BCUT2D eigenvalue weighted by molar-refractivity contribution is 14.0. The minimum Gasteiger partial charge on any atom is -0.494 e. The van der Waals surface area contributed by atoms with Gasteiger partial charge in [0.05, 0.1) is 6.61 Å². The summed E-state index contributed by atoms with van der Waals surface area (Å²) in [5, 5.41) is 7.36. The van der Waals surface area contributed by atoms with Crippen LogP contribution >= 0.6 is 35.6 Å². The molecule has 7 heteroatoms. The number of hydrogen-bond donors (Lipinski definition) is 2. The maximum atomic E-state index is 5.91. The van der Waals surface area contributed by atoms with Crippen LogP contribution in [-0.4, -0.2) is 45.2 Å². The largest absolute Gasteiger partial charge is 0.494 e. The highest BCUT2D eigenvalue weighted by Gasteiger charge is 2.01. The van der Waals surface area contributed by atoms with Crippen LogP contribution in [-0.2, 0) is 13.1 Å². The second kappa shape index (κ2) is 13.6. The van der Waals surface area contributed by atoms with E-state index in [1.807, 2.05) is 36.4 Å². The molecule has 154 valence electrons. The Labute approximate surface area is 190 Å². The molecule has 0 fully saturated rings. The minimum absolute atomic E-state index is 0. The molecule has 0 atom stereocenters. The van der Waals surface area contributed by atoms with Gasteiger partial charge in [0, 0.05) is 31.7 Å². The van der Waals surface area contributed by atoms with Crippen molar-refractivity contribution >= 4 is 41.5 Å². The van der Waals surface area contributed by atoms with Gasteiger partial charge in [0.1, 0.15) is 5.75 Å². The van der Waals surface area contributed by atoms with Crippen molar-refractivity contribution in [2.45, 2.75) is 19.5 Å². The molecule has 0 amide bonds. The molecule has 5 nitrogen and oxygen atoms in total. The Kier molecular flexibility index (Phi) is 11.9. The SMILES string of the molecule is CN=C(NCc1ccc(Cl)cc1)NCc1ccc(OCCCN(C)C)cc1.I. The van der Waals surface area contributed by atoms with Crippen molar-refractivity contribution in [3.63, 3.8) is 0 Å². The Morgan fingerprint density at radius 1 is 0.964 bits per heavy atom. The molecule has 2 N–H and O–H groups in total. The molecule has 2 rings (SSSR count). The number of nitrogens with one attached hydrogen (secondary N) is 2. The van der Waals surface area contributed by atoms with Crippen LogP contribution in [0.1, 0.15) is 17.5 Å². The molecule has 0 aliphatic carbocycles. The van der Waals surface area contributed by atoms with Gasteiger partial charge >= 0.3 is 0 Å². The topological polar surface area (TPSA) is 48.9 Å². The highest BCUT2D eigenvalue weighted by Crippen LogP contribution is 2.12. The zero-order valence-corrected chi connectivity index (χ0v) is 19.8. The molecule has 2 aromatic rings. The zero-order valence-electron chi connectivity index (χ0n) is 16.7. The monoisotopic (exact) mass is 516 g/mol. The van der Waals surface area contributed by atoms with Gasteiger partial charge in [0.25, 0.3) is 0 Å². The van der Waals surface area contributed by atoms with Crippen LogP contribution in [0.2, 0.25) is 5.02 Å². The lowest BCUT2D eigenvalue weighted by Crippen LogP contribution is -2.36. The van der Waals surface area contributed by atoms with Crippen LogP contribution in [0.15, 0.2) is 53.5 Å². The molecule has 0 unspecified atom stereocenters. The number of guanidine groups is 1. The van der Waals surface area contributed by atoms with E-state index in [9.17, 15) is 0 Å². The van der Waals surface area contributed by atoms with Gasteiger partial charge in [-0.3, -0.25) is 4.99 Å². The molecular formula is C21H30ClIN4O. The third-order valence-corrected chi connectivity index (χ3v) is 4.25. The van der Waals surface area contributed by atoms with Crippen LogP contribution in [0.5, 0.6) is 5.75 Å². The first kappa shape index (κ1) is 24.5. The summed E-state index contributed by atoms with van der Waals surface area (Å²) < 4.78 is 5.76. The summed E-state index contributed by atoms with van der Waals surface area (Å²) in [4.78, 5) is 6.42. The lowest BCUT2D eigenvalue weighted by atomic mass is 10.2. The number of halogens is 2. The summed E-state index contributed by atoms with van der Waals surface area (Å²) in [7, 11) is 5.90. The Morgan fingerprint density at radius 3 is 2.00 bits per heavy atom. The summed E-state index contributed by atoms with van der Waals surface area (Å²) in [6, 6.07) is 15.9. The second-order valence-corrected chi connectivity index (χ2v) is 6.99. The average Bonchev–Trinajstić information content (AvgIpc) is 2.67. The molecule has 28 heavy (non-hydrogen) atoms. The van der Waals surface area contributed by atoms with E-state index >= 15 is 0 Å². The van der Waals surface area contributed by atoms with Crippen LogP contribution in [0.4, 0.5) is 0 Å². The van der Waals surface area contributed by atoms with E-state index in [1.54, 1.807) is 7.05 Å². The van der Waals surface area contributed by atoms with Crippen LogP contribution in [0, 0.1) is 0 Å². The van der Waals surface area contributed by atoms with E-state index < -0.39 is 0 Å². The Morgan fingerprint density at radius 2 is 1.50 bits per heavy atom. The van der Waals surface area contributed by atoms with Crippen LogP contribution in [0.25, 0.3) is 0 Å².